The van der Waals surface area contributed by atoms with Gasteiger partial charge in [-0.15, -0.1) is 0 Å². The zero-order valence-corrected chi connectivity index (χ0v) is 18.1. The summed E-state index contributed by atoms with van der Waals surface area (Å²) in [4.78, 5) is 0. The minimum Gasteiger partial charge on any atom is -0.0906 e. The Morgan fingerprint density at radius 3 is 1.16 bits per heavy atom. The van der Waals surface area contributed by atoms with Crippen molar-refractivity contribution in [2.45, 2.75) is 19.3 Å². The summed E-state index contributed by atoms with van der Waals surface area (Å²) >= 11 is 0. The number of hydrogen-bond acceptors (Lipinski definition) is 0. The first-order chi connectivity index (χ1) is 15.2. The minimum atomic E-state index is 0.373. The molecule has 4 rings (SSSR count). The summed E-state index contributed by atoms with van der Waals surface area (Å²) in [6.07, 6.45) is 1.05. The van der Waals surface area contributed by atoms with Gasteiger partial charge in [-0.25, -0.2) is 0 Å². The van der Waals surface area contributed by atoms with Crippen LogP contribution in [0, 0.1) is 0 Å². The Morgan fingerprint density at radius 1 is 0.516 bits per heavy atom. The molecule has 0 N–H and O–H groups in total. The summed E-state index contributed by atoms with van der Waals surface area (Å²) in [5.74, 6) is 0.373. The van der Waals surface area contributed by atoms with Crippen LogP contribution in [0.15, 0.2) is 122 Å². The highest BCUT2D eigenvalue weighted by Crippen LogP contribution is 2.31. The lowest BCUT2D eigenvalue weighted by Gasteiger charge is -2.18. The summed E-state index contributed by atoms with van der Waals surface area (Å²) in [6, 6.07) is 38.5. The van der Waals surface area contributed by atoms with E-state index >= 15 is 0 Å². The molecule has 0 aliphatic heterocycles. The third kappa shape index (κ3) is 4.59. The fourth-order valence-electron chi connectivity index (χ4n) is 4.11. The van der Waals surface area contributed by atoms with Gasteiger partial charge in [-0.2, -0.15) is 0 Å². The Bertz CT molecular complexity index is 1050. The van der Waals surface area contributed by atoms with Crippen molar-refractivity contribution in [3.63, 3.8) is 0 Å². The Hall–Kier alpha value is -3.64. The van der Waals surface area contributed by atoms with Crippen molar-refractivity contribution < 1.29 is 0 Å². The van der Waals surface area contributed by atoms with Crippen LogP contribution < -0.4 is 0 Å². The zero-order chi connectivity index (χ0) is 21.6. The minimum absolute atomic E-state index is 0.373. The highest BCUT2D eigenvalue weighted by molar-refractivity contribution is 5.79. The van der Waals surface area contributed by atoms with Gasteiger partial charge in [0, 0.05) is 5.92 Å². The summed E-state index contributed by atoms with van der Waals surface area (Å²) in [6.45, 7) is 10.8. The molecule has 0 amide bonds. The van der Waals surface area contributed by atoms with Crippen LogP contribution in [0.3, 0.4) is 0 Å². The van der Waals surface area contributed by atoms with E-state index in [2.05, 4.69) is 117 Å². The highest BCUT2D eigenvalue weighted by atomic mass is 14.2. The first kappa shape index (κ1) is 20.6. The van der Waals surface area contributed by atoms with E-state index in [1.807, 2.05) is 12.1 Å². The number of hydrogen-bond donors (Lipinski definition) is 0. The molecule has 0 bridgehead atoms. The Kier molecular flexibility index (Phi) is 6.29. The quantitative estimate of drug-likeness (QED) is 0.292. The van der Waals surface area contributed by atoms with E-state index in [0.29, 0.717) is 5.92 Å². The van der Waals surface area contributed by atoms with Crippen molar-refractivity contribution in [2.24, 2.45) is 0 Å². The van der Waals surface area contributed by atoms with Crippen molar-refractivity contribution >= 4 is 11.1 Å². The molecule has 0 saturated heterocycles. The van der Waals surface area contributed by atoms with Gasteiger partial charge in [0.25, 0.3) is 0 Å². The maximum absolute atomic E-state index is 4.29. The fraction of sp³-hybridized carbons (Fsp3) is 0.0968. The summed E-state index contributed by atoms with van der Waals surface area (Å²) in [5, 5.41) is 0. The standard InChI is InChI=1S/C31H28/c1-4-31(29-19-15-27(16-20-29)23(2)25-11-7-5-8-12-25)30-21-17-28(18-22-30)24(3)26-13-9-6-10-14-26/h5-22,31H,2-4H2,1H3. The molecule has 0 nitrogen and oxygen atoms in total. The summed E-state index contributed by atoms with van der Waals surface area (Å²) in [5.41, 5.74) is 9.45. The van der Waals surface area contributed by atoms with Gasteiger partial charge in [0.1, 0.15) is 0 Å². The molecule has 0 fully saturated rings. The van der Waals surface area contributed by atoms with Crippen LogP contribution in [0.2, 0.25) is 0 Å². The first-order valence-corrected chi connectivity index (χ1v) is 10.9. The second kappa shape index (κ2) is 9.45. The predicted molar refractivity (Wildman–Crippen MR) is 134 cm³/mol. The molecule has 0 spiro atoms. The first-order valence-electron chi connectivity index (χ1n) is 10.9. The smallest absolute Gasteiger partial charge is 0.00867 e. The van der Waals surface area contributed by atoms with Crippen LogP contribution in [0.25, 0.3) is 11.1 Å². The van der Waals surface area contributed by atoms with Gasteiger partial charge in [0.15, 0.2) is 0 Å². The molecular weight excluding hydrogens is 372 g/mol. The molecule has 0 unspecified atom stereocenters. The molecular formula is C31H28. The maximum Gasteiger partial charge on any atom is 0.00867 e. The van der Waals surface area contributed by atoms with E-state index in [-0.39, 0.29) is 0 Å². The Morgan fingerprint density at radius 2 is 0.839 bits per heavy atom. The third-order valence-electron chi connectivity index (χ3n) is 5.98. The highest BCUT2D eigenvalue weighted by Gasteiger charge is 2.13. The van der Waals surface area contributed by atoms with Crippen LogP contribution in [-0.4, -0.2) is 0 Å². The molecule has 0 aliphatic rings. The normalized spacial score (nSPS) is 10.8. The van der Waals surface area contributed by atoms with Crippen LogP contribution in [-0.2, 0) is 0 Å². The van der Waals surface area contributed by atoms with Crippen molar-refractivity contribution in [1.29, 1.82) is 0 Å². The van der Waals surface area contributed by atoms with Crippen molar-refractivity contribution in [2.75, 3.05) is 0 Å². The SMILES string of the molecule is C=C(c1ccccc1)c1ccc(C(CC)c2ccc(C(=C)c3ccccc3)cc2)cc1. The lowest BCUT2D eigenvalue weighted by atomic mass is 9.87. The van der Waals surface area contributed by atoms with E-state index in [0.717, 1.165) is 28.7 Å². The van der Waals surface area contributed by atoms with Crippen molar-refractivity contribution in [1.82, 2.24) is 0 Å². The molecule has 0 atom stereocenters. The maximum atomic E-state index is 4.29. The molecule has 4 aromatic rings. The van der Waals surface area contributed by atoms with Crippen LogP contribution in [0.5, 0.6) is 0 Å². The van der Waals surface area contributed by atoms with Crippen LogP contribution in [0.4, 0.5) is 0 Å². The summed E-state index contributed by atoms with van der Waals surface area (Å²) < 4.78 is 0. The fourth-order valence-corrected chi connectivity index (χ4v) is 4.11. The van der Waals surface area contributed by atoms with Gasteiger partial charge < -0.3 is 0 Å². The number of rotatable bonds is 7. The van der Waals surface area contributed by atoms with Gasteiger partial charge in [-0.3, -0.25) is 0 Å². The van der Waals surface area contributed by atoms with Gasteiger partial charge in [0.2, 0.25) is 0 Å². The molecule has 0 radical (unpaired) electrons. The molecule has 0 aromatic heterocycles. The lowest BCUT2D eigenvalue weighted by Crippen LogP contribution is -2.00. The average Bonchev–Trinajstić information content (AvgIpc) is 2.85. The molecule has 4 aromatic carbocycles. The monoisotopic (exact) mass is 400 g/mol. The number of benzene rings is 4. The molecule has 0 saturated carbocycles. The third-order valence-corrected chi connectivity index (χ3v) is 5.98. The van der Waals surface area contributed by atoms with E-state index in [1.165, 1.54) is 22.3 Å². The van der Waals surface area contributed by atoms with E-state index in [1.54, 1.807) is 0 Å². The van der Waals surface area contributed by atoms with Crippen LogP contribution in [0.1, 0.15) is 52.6 Å². The van der Waals surface area contributed by atoms with Gasteiger partial charge >= 0.3 is 0 Å². The van der Waals surface area contributed by atoms with Crippen molar-refractivity contribution in [3.05, 3.63) is 156 Å². The average molecular weight is 401 g/mol. The van der Waals surface area contributed by atoms with E-state index < -0.39 is 0 Å². The van der Waals surface area contributed by atoms with E-state index in [4.69, 9.17) is 0 Å². The Balaban J connectivity index is 1.53. The molecule has 0 heterocycles. The van der Waals surface area contributed by atoms with Gasteiger partial charge in [0.05, 0.1) is 0 Å². The largest absolute Gasteiger partial charge is 0.0906 e. The molecule has 0 aliphatic carbocycles. The van der Waals surface area contributed by atoms with Crippen molar-refractivity contribution in [3.8, 4) is 0 Å². The topological polar surface area (TPSA) is 0 Å². The molecule has 0 heteroatoms. The second-order valence-corrected chi connectivity index (χ2v) is 7.89. The zero-order valence-electron chi connectivity index (χ0n) is 18.1. The Labute approximate surface area is 186 Å². The second-order valence-electron chi connectivity index (χ2n) is 7.89. The summed E-state index contributed by atoms with van der Waals surface area (Å²) in [7, 11) is 0. The van der Waals surface area contributed by atoms with Gasteiger partial charge in [-0.1, -0.05) is 129 Å². The molecule has 152 valence electrons. The van der Waals surface area contributed by atoms with Gasteiger partial charge in [-0.05, 0) is 50.9 Å². The molecule has 31 heavy (non-hydrogen) atoms. The van der Waals surface area contributed by atoms with E-state index in [9.17, 15) is 0 Å². The lowest BCUT2D eigenvalue weighted by molar-refractivity contribution is 0.777. The van der Waals surface area contributed by atoms with Crippen LogP contribution >= 0.6 is 0 Å². The predicted octanol–water partition coefficient (Wildman–Crippen LogP) is 8.35.